The lowest BCUT2D eigenvalue weighted by atomic mass is 9.32. The van der Waals surface area contributed by atoms with Gasteiger partial charge in [-0.2, -0.15) is 0 Å². The monoisotopic (exact) mass is 728 g/mol. The fourth-order valence-electron chi connectivity index (χ4n) is 12.3. The average Bonchev–Trinajstić information content (AvgIpc) is 3.69. The molecule has 6 nitrogen and oxygen atoms in total. The second-order valence-corrected chi connectivity index (χ2v) is 19.0. The second-order valence-electron chi connectivity index (χ2n) is 17.9. The summed E-state index contributed by atoms with van der Waals surface area (Å²) in [6, 6.07) is 24.5. The summed E-state index contributed by atoms with van der Waals surface area (Å²) < 4.78 is 1.10. The van der Waals surface area contributed by atoms with Crippen molar-refractivity contribution < 1.29 is 19.8 Å². The molecule has 3 saturated carbocycles. The molecule has 3 N–H and O–H groups in total. The van der Waals surface area contributed by atoms with Crippen molar-refractivity contribution in [3.63, 3.8) is 0 Å². The highest BCUT2D eigenvalue weighted by Gasteiger charge is 2.74. The van der Waals surface area contributed by atoms with E-state index in [2.05, 4.69) is 79.9 Å². The molecule has 0 saturated heterocycles. The minimum atomic E-state index is -1.16. The third kappa shape index (κ3) is 4.95. The van der Waals surface area contributed by atoms with E-state index >= 15 is 4.79 Å². The molecule has 4 aromatic rings. The number of allylic oxidation sites excluding steroid dienone is 4. The minimum absolute atomic E-state index is 0.00844. The zero-order chi connectivity index (χ0) is 37.0. The summed E-state index contributed by atoms with van der Waals surface area (Å²) in [5.74, 6) is 0.312. The van der Waals surface area contributed by atoms with Gasteiger partial charge in [0.25, 0.3) is 0 Å². The summed E-state index contributed by atoms with van der Waals surface area (Å²) in [5, 5.41) is 30.7. The summed E-state index contributed by atoms with van der Waals surface area (Å²) in [4.78, 5) is 31.8. The van der Waals surface area contributed by atoms with Gasteiger partial charge in [-0.05, 0) is 110 Å². The highest BCUT2D eigenvalue weighted by Crippen LogP contribution is 2.78. The van der Waals surface area contributed by atoms with Crippen molar-refractivity contribution in [3.05, 3.63) is 107 Å². The molecule has 0 aliphatic heterocycles. The summed E-state index contributed by atoms with van der Waals surface area (Å²) in [6.45, 7) is 9.22. The Morgan fingerprint density at radius 3 is 2.38 bits per heavy atom. The van der Waals surface area contributed by atoms with E-state index in [0.717, 1.165) is 69.0 Å². The first kappa shape index (κ1) is 35.0. The molecule has 3 aromatic carbocycles. The number of amides is 2. The van der Waals surface area contributed by atoms with Gasteiger partial charge in [0.2, 0.25) is 0 Å². The molecule has 1 aromatic heterocycles. The number of fused-ring (bicyclic) bond motifs is 3. The average molecular weight is 729 g/mol. The van der Waals surface area contributed by atoms with E-state index in [1.54, 1.807) is 11.3 Å². The Labute approximate surface area is 317 Å². The number of urea groups is 1. The van der Waals surface area contributed by atoms with Gasteiger partial charge in [-0.3, -0.25) is 4.79 Å². The maximum Gasteiger partial charge on any atom is 0.317 e. The molecule has 8 unspecified atom stereocenters. The number of carbonyl (C=O) groups excluding carboxylic acids is 2. The van der Waals surface area contributed by atoms with Crippen LogP contribution in [0.15, 0.2) is 96.6 Å². The lowest BCUT2D eigenvalue weighted by molar-refractivity contribution is -0.174. The number of nitrogens with zero attached hydrogens (tertiary/aromatic N) is 1. The molecule has 3 fully saturated rings. The lowest BCUT2D eigenvalue weighted by Crippen LogP contribution is -2.67. The van der Waals surface area contributed by atoms with Crippen LogP contribution in [-0.4, -0.2) is 51.2 Å². The predicted octanol–water partition coefficient (Wildman–Crippen LogP) is 9.45. The Hall–Kier alpha value is -3.78. The first-order valence-electron chi connectivity index (χ1n) is 19.7. The van der Waals surface area contributed by atoms with E-state index in [-0.39, 0.29) is 47.1 Å². The summed E-state index contributed by atoms with van der Waals surface area (Å²) in [7, 11) is 0. The third-order valence-electron chi connectivity index (χ3n) is 15.0. The molecule has 2 bridgehead atoms. The van der Waals surface area contributed by atoms with Crippen LogP contribution in [0, 0.1) is 33.5 Å². The van der Waals surface area contributed by atoms with Gasteiger partial charge < -0.3 is 20.4 Å². The summed E-state index contributed by atoms with van der Waals surface area (Å²) >= 11 is 1.57. The van der Waals surface area contributed by atoms with Crippen LogP contribution < -0.4 is 5.32 Å². The molecule has 10 rings (SSSR count). The van der Waals surface area contributed by atoms with Crippen molar-refractivity contribution >= 4 is 44.0 Å². The van der Waals surface area contributed by atoms with Gasteiger partial charge in [0, 0.05) is 39.1 Å². The van der Waals surface area contributed by atoms with E-state index < -0.39 is 22.5 Å². The van der Waals surface area contributed by atoms with Crippen molar-refractivity contribution in [2.24, 2.45) is 33.5 Å². The topological polar surface area (TPSA) is 89.9 Å². The van der Waals surface area contributed by atoms with E-state index in [9.17, 15) is 15.0 Å². The fraction of sp³-hybridized carbons (Fsp3) is 0.478. The van der Waals surface area contributed by atoms with Crippen molar-refractivity contribution in [1.29, 1.82) is 0 Å². The van der Waals surface area contributed by atoms with Gasteiger partial charge in [-0.1, -0.05) is 92.7 Å². The first-order valence-corrected chi connectivity index (χ1v) is 20.5. The van der Waals surface area contributed by atoms with E-state index in [1.165, 1.54) is 0 Å². The number of hydrogen-bond acceptors (Lipinski definition) is 5. The second kappa shape index (κ2) is 12.1. The largest absolute Gasteiger partial charge is 0.393 e. The number of carbonyl (C=O) groups is 2. The quantitative estimate of drug-likeness (QED) is 0.131. The Morgan fingerprint density at radius 2 is 1.58 bits per heavy atom. The fourth-order valence-corrected chi connectivity index (χ4v) is 13.3. The van der Waals surface area contributed by atoms with Gasteiger partial charge in [0.05, 0.1) is 23.1 Å². The highest BCUT2D eigenvalue weighted by atomic mass is 32.1. The molecule has 6 aliphatic rings. The molecule has 0 radical (unpaired) electrons. The van der Waals surface area contributed by atoms with Crippen LogP contribution in [0.25, 0.3) is 20.9 Å². The molecular formula is C46H52N2O4S. The molecule has 6 aliphatic carbocycles. The van der Waals surface area contributed by atoms with Crippen LogP contribution in [-0.2, 0) is 6.54 Å². The number of aliphatic hydroxyl groups is 2. The molecule has 7 heteroatoms. The standard InChI is InChI=1S/C46H52N2O4S/c1-29(2)47-41(51)48(27-32-13-9-12-30-10-5-7-14-34(30)32)28-45(52)21-18-39-43(45,4)20-17-38-42(3)19-16-33(49)25-44(42)22-23-46(38,39)35(26-44)40(50)37-24-31-11-6-8-15-36(31)53-37/h5-15,22-24,26,29,33,38-39,49,52H,16-21,25,27-28H2,1-4H3,(H,47,51). The number of thiophene rings is 1. The predicted molar refractivity (Wildman–Crippen MR) is 213 cm³/mol. The van der Waals surface area contributed by atoms with Gasteiger partial charge >= 0.3 is 6.03 Å². The molecule has 53 heavy (non-hydrogen) atoms. The van der Waals surface area contributed by atoms with Gasteiger partial charge in [-0.15, -0.1) is 11.3 Å². The molecule has 1 heterocycles. The molecule has 2 amide bonds. The number of ketones is 1. The molecule has 8 atom stereocenters. The molecule has 2 spiro atoms. The SMILES string of the molecule is CC(C)NC(=O)N(Cc1cccc2ccccc12)CC1(O)CCC2C34C=CC5(C=C3C(=O)c3cc6ccccc6s3)CC(O)CCC5(C)C4CCC21C. The minimum Gasteiger partial charge on any atom is -0.393 e. The number of benzene rings is 3. The molecule has 276 valence electrons. The third-order valence-corrected chi connectivity index (χ3v) is 16.1. The lowest BCUT2D eigenvalue weighted by Gasteiger charge is -2.71. The van der Waals surface area contributed by atoms with Crippen LogP contribution in [0.4, 0.5) is 4.79 Å². The van der Waals surface area contributed by atoms with E-state index in [4.69, 9.17) is 0 Å². The zero-order valence-corrected chi connectivity index (χ0v) is 32.2. The Morgan fingerprint density at radius 1 is 0.887 bits per heavy atom. The first-order chi connectivity index (χ1) is 25.3. The van der Waals surface area contributed by atoms with Gasteiger partial charge in [0.15, 0.2) is 5.78 Å². The molecular weight excluding hydrogens is 677 g/mol. The highest BCUT2D eigenvalue weighted by molar-refractivity contribution is 7.21. The summed E-state index contributed by atoms with van der Waals surface area (Å²) in [5.41, 5.74) is -0.831. The van der Waals surface area contributed by atoms with Crippen LogP contribution in [0.2, 0.25) is 0 Å². The number of aliphatic hydroxyl groups excluding tert-OH is 1. The van der Waals surface area contributed by atoms with Gasteiger partial charge in [-0.25, -0.2) is 4.79 Å². The van der Waals surface area contributed by atoms with Crippen molar-refractivity contribution in [3.8, 4) is 0 Å². The normalized spacial score (nSPS) is 35.5. The van der Waals surface area contributed by atoms with Crippen LogP contribution >= 0.6 is 11.3 Å². The number of hydrogen-bond donors (Lipinski definition) is 3. The van der Waals surface area contributed by atoms with Crippen molar-refractivity contribution in [2.75, 3.05) is 6.54 Å². The Bertz CT molecular complexity index is 2170. The van der Waals surface area contributed by atoms with Crippen LogP contribution in [0.3, 0.4) is 0 Å². The number of Topliss-reactive ketones (excluding diaryl/α,β-unsaturated/α-hetero) is 1. The van der Waals surface area contributed by atoms with Crippen molar-refractivity contribution in [1.82, 2.24) is 10.2 Å². The number of rotatable bonds is 7. The van der Waals surface area contributed by atoms with Crippen molar-refractivity contribution in [2.45, 2.75) is 96.9 Å². The maximum atomic E-state index is 15.1. The van der Waals surface area contributed by atoms with Gasteiger partial charge in [0.1, 0.15) is 0 Å². The van der Waals surface area contributed by atoms with Crippen LogP contribution in [0.5, 0.6) is 0 Å². The van der Waals surface area contributed by atoms with Crippen LogP contribution in [0.1, 0.15) is 87.9 Å². The Balaban J connectivity index is 1.13. The smallest absolute Gasteiger partial charge is 0.317 e. The number of nitrogens with one attached hydrogen (secondary N) is 1. The maximum absolute atomic E-state index is 15.1. The zero-order valence-electron chi connectivity index (χ0n) is 31.4. The van der Waals surface area contributed by atoms with E-state index in [1.807, 2.05) is 49.1 Å². The Kier molecular flexibility index (Phi) is 7.99. The summed E-state index contributed by atoms with van der Waals surface area (Å²) in [6.07, 6.45) is 12.0. The van der Waals surface area contributed by atoms with E-state index in [0.29, 0.717) is 19.4 Å².